The van der Waals surface area contributed by atoms with E-state index in [1.165, 1.54) is 0 Å². The fourth-order valence-electron chi connectivity index (χ4n) is 3.84. The molecule has 0 atom stereocenters. The van der Waals surface area contributed by atoms with E-state index in [2.05, 4.69) is 66.4 Å². The molecule has 0 aliphatic carbocycles. The number of nitrogens with one attached hydrogen (secondary N) is 2. The van der Waals surface area contributed by atoms with Crippen LogP contribution in [0.4, 0.5) is 11.5 Å². The molecule has 0 radical (unpaired) electrons. The molecule has 2 aromatic heterocycles. The molecular formula is C24H27N7O2S. The van der Waals surface area contributed by atoms with Crippen LogP contribution in [0.1, 0.15) is 24.5 Å². The third kappa shape index (κ3) is 5.40. The molecule has 0 aliphatic heterocycles. The molecule has 2 N–H and O–H groups in total. The lowest BCUT2D eigenvalue weighted by atomic mass is 9.98. The lowest BCUT2D eigenvalue weighted by Crippen LogP contribution is -2.26. The maximum Gasteiger partial charge on any atom is 0.229 e. The second-order valence-corrected chi connectivity index (χ2v) is 9.85. The Kier molecular flexibility index (Phi) is 6.87. The van der Waals surface area contributed by atoms with E-state index in [9.17, 15) is 8.42 Å². The summed E-state index contributed by atoms with van der Waals surface area (Å²) in [5.74, 6) is 1.17. The van der Waals surface area contributed by atoms with Crippen LogP contribution in [0.2, 0.25) is 0 Å². The van der Waals surface area contributed by atoms with Crippen molar-refractivity contribution in [1.82, 2.24) is 25.6 Å². The van der Waals surface area contributed by atoms with Crippen molar-refractivity contribution >= 4 is 21.5 Å². The molecule has 0 saturated carbocycles. The van der Waals surface area contributed by atoms with Crippen molar-refractivity contribution < 1.29 is 8.42 Å². The van der Waals surface area contributed by atoms with Crippen molar-refractivity contribution in [2.24, 2.45) is 0 Å². The van der Waals surface area contributed by atoms with E-state index in [0.717, 1.165) is 47.0 Å². The number of aryl methyl sites for hydroxylation is 1. The Morgan fingerprint density at radius 3 is 2.41 bits per heavy atom. The summed E-state index contributed by atoms with van der Waals surface area (Å²) in [5, 5.41) is 14.4. The van der Waals surface area contributed by atoms with Gasteiger partial charge in [0.05, 0.1) is 11.9 Å². The van der Waals surface area contributed by atoms with Crippen LogP contribution >= 0.6 is 0 Å². The van der Waals surface area contributed by atoms with E-state index in [1.807, 2.05) is 31.2 Å². The van der Waals surface area contributed by atoms with Gasteiger partial charge < -0.3 is 4.90 Å². The molecule has 4 rings (SSSR count). The van der Waals surface area contributed by atoms with Gasteiger partial charge in [-0.05, 0) is 46.9 Å². The average Bonchev–Trinajstić information content (AvgIpc) is 3.35. The smallest absolute Gasteiger partial charge is 0.229 e. The number of sulfonamides is 1. The number of tetrazole rings is 1. The summed E-state index contributed by atoms with van der Waals surface area (Å²) < 4.78 is 26.6. The third-order valence-corrected chi connectivity index (χ3v) is 5.95. The molecule has 176 valence electrons. The van der Waals surface area contributed by atoms with Crippen LogP contribution in [-0.4, -0.2) is 46.8 Å². The number of anilines is 2. The van der Waals surface area contributed by atoms with Gasteiger partial charge in [-0.2, -0.15) is 5.21 Å². The minimum absolute atomic E-state index is 0.518. The summed E-state index contributed by atoms with van der Waals surface area (Å²) in [7, 11) is -3.44. The number of hydrogen-bond donors (Lipinski definition) is 2. The summed E-state index contributed by atoms with van der Waals surface area (Å²) in [4.78, 5) is 6.62. The number of rotatable bonds is 9. The summed E-state index contributed by atoms with van der Waals surface area (Å²) in [6, 6.07) is 18.0. The average molecular weight is 478 g/mol. The monoisotopic (exact) mass is 477 g/mol. The fourth-order valence-corrected chi connectivity index (χ4v) is 4.46. The van der Waals surface area contributed by atoms with Gasteiger partial charge in [0.1, 0.15) is 0 Å². The fraction of sp³-hybridized carbons (Fsp3) is 0.250. The number of aromatic amines is 1. The van der Waals surface area contributed by atoms with E-state index in [-0.39, 0.29) is 0 Å². The summed E-state index contributed by atoms with van der Waals surface area (Å²) in [6.45, 7) is 5.29. The molecule has 2 aromatic carbocycles. The molecular weight excluding hydrogens is 450 g/mol. The van der Waals surface area contributed by atoms with Crippen molar-refractivity contribution in [2.45, 2.75) is 26.8 Å². The first-order chi connectivity index (χ1) is 16.4. The highest BCUT2D eigenvalue weighted by molar-refractivity contribution is 7.92. The molecule has 2 heterocycles. The van der Waals surface area contributed by atoms with Crippen LogP contribution in [0.15, 0.2) is 60.8 Å². The van der Waals surface area contributed by atoms with Crippen LogP contribution in [0, 0.1) is 6.92 Å². The molecule has 10 heteroatoms. The quantitative estimate of drug-likeness (QED) is 0.374. The van der Waals surface area contributed by atoms with Gasteiger partial charge in [0.15, 0.2) is 5.82 Å². The first-order valence-electron chi connectivity index (χ1n) is 11.0. The Morgan fingerprint density at radius 2 is 1.76 bits per heavy atom. The molecule has 0 spiro atoms. The first-order valence-corrected chi connectivity index (χ1v) is 12.9. The Balaban J connectivity index is 1.63. The lowest BCUT2D eigenvalue weighted by Gasteiger charge is -2.26. The second kappa shape index (κ2) is 10.0. The number of nitrogens with zero attached hydrogens (tertiary/aromatic N) is 5. The normalized spacial score (nSPS) is 11.4. The Morgan fingerprint density at radius 1 is 1.03 bits per heavy atom. The highest BCUT2D eigenvalue weighted by Crippen LogP contribution is 2.31. The third-order valence-electron chi connectivity index (χ3n) is 5.37. The van der Waals surface area contributed by atoms with E-state index < -0.39 is 10.0 Å². The highest BCUT2D eigenvalue weighted by atomic mass is 32.2. The van der Waals surface area contributed by atoms with E-state index >= 15 is 0 Å². The molecule has 0 bridgehead atoms. The van der Waals surface area contributed by atoms with E-state index in [1.54, 1.807) is 12.3 Å². The Hall–Kier alpha value is -3.79. The van der Waals surface area contributed by atoms with Gasteiger partial charge in [-0.25, -0.2) is 13.4 Å². The summed E-state index contributed by atoms with van der Waals surface area (Å²) in [6.07, 6.45) is 3.75. The van der Waals surface area contributed by atoms with Gasteiger partial charge in [0.2, 0.25) is 15.8 Å². The zero-order valence-corrected chi connectivity index (χ0v) is 20.2. The van der Waals surface area contributed by atoms with Crippen LogP contribution < -0.4 is 9.62 Å². The van der Waals surface area contributed by atoms with Crippen molar-refractivity contribution in [3.63, 3.8) is 0 Å². The standard InChI is InChI=1S/C24H27N7O2S/c1-4-15-31(24-22(28-34(3,32)33)17(2)13-14-25-24)16-18-9-11-19(12-10-18)20-7-5-6-8-21(20)23-26-29-30-27-23/h5-14,28H,4,15-16H2,1-3H3,(H,26,27,29,30). The molecule has 0 unspecified atom stereocenters. The zero-order valence-electron chi connectivity index (χ0n) is 19.4. The Labute approximate surface area is 199 Å². The van der Waals surface area contributed by atoms with Crippen molar-refractivity contribution in [2.75, 3.05) is 22.4 Å². The molecule has 0 aliphatic rings. The van der Waals surface area contributed by atoms with Crippen molar-refractivity contribution in [1.29, 1.82) is 0 Å². The summed E-state index contributed by atoms with van der Waals surface area (Å²) >= 11 is 0. The molecule has 4 aromatic rings. The molecule has 0 amide bonds. The van der Waals surface area contributed by atoms with Crippen LogP contribution in [0.3, 0.4) is 0 Å². The van der Waals surface area contributed by atoms with E-state index in [0.29, 0.717) is 23.9 Å². The Bertz CT molecular complexity index is 1350. The van der Waals surface area contributed by atoms with Gasteiger partial charge in [0, 0.05) is 24.8 Å². The zero-order chi connectivity index (χ0) is 24.1. The molecule has 0 fully saturated rings. The lowest BCUT2D eigenvalue weighted by molar-refractivity contribution is 0.606. The molecule has 34 heavy (non-hydrogen) atoms. The van der Waals surface area contributed by atoms with Gasteiger partial charge in [0.25, 0.3) is 0 Å². The van der Waals surface area contributed by atoms with E-state index in [4.69, 9.17) is 0 Å². The molecule has 9 nitrogen and oxygen atoms in total. The van der Waals surface area contributed by atoms with Crippen molar-refractivity contribution in [3.05, 3.63) is 71.9 Å². The second-order valence-electron chi connectivity index (χ2n) is 8.10. The SMILES string of the molecule is CCCN(Cc1ccc(-c2ccccc2-c2nn[nH]n2)cc1)c1nccc(C)c1NS(C)(=O)=O. The van der Waals surface area contributed by atoms with Crippen LogP contribution in [-0.2, 0) is 16.6 Å². The molecule has 0 saturated heterocycles. The minimum Gasteiger partial charge on any atom is -0.351 e. The first kappa shape index (κ1) is 23.4. The maximum atomic E-state index is 12.0. The predicted octanol–water partition coefficient (Wildman–Crippen LogP) is 4.03. The minimum atomic E-state index is -3.44. The van der Waals surface area contributed by atoms with Gasteiger partial charge >= 0.3 is 0 Å². The van der Waals surface area contributed by atoms with Crippen molar-refractivity contribution in [3.8, 4) is 22.5 Å². The topological polar surface area (TPSA) is 117 Å². The van der Waals surface area contributed by atoms with Crippen LogP contribution in [0.5, 0.6) is 0 Å². The number of benzene rings is 2. The number of hydrogen-bond acceptors (Lipinski definition) is 7. The maximum absolute atomic E-state index is 12.0. The van der Waals surface area contributed by atoms with Gasteiger partial charge in [-0.1, -0.05) is 55.5 Å². The number of H-pyrrole nitrogens is 1. The van der Waals surface area contributed by atoms with Gasteiger partial charge in [-0.3, -0.25) is 4.72 Å². The predicted molar refractivity (Wildman–Crippen MR) is 134 cm³/mol. The van der Waals surface area contributed by atoms with Crippen LogP contribution in [0.25, 0.3) is 22.5 Å². The van der Waals surface area contributed by atoms with Gasteiger partial charge in [-0.15, -0.1) is 10.2 Å². The number of pyridine rings is 1. The summed E-state index contributed by atoms with van der Waals surface area (Å²) in [5.41, 5.74) is 5.38. The largest absolute Gasteiger partial charge is 0.351 e. The highest BCUT2D eigenvalue weighted by Gasteiger charge is 2.18. The number of aromatic nitrogens is 5.